The SMILES string of the molecule is CCCN1C(=O)[C@@H]2C[C@@H](OCc3ccccc3)CN2C(=O)C12CCN(CCCCCCc1ccccc1)CC2. The van der Waals surface area contributed by atoms with Crippen molar-refractivity contribution in [2.24, 2.45) is 0 Å². The Kier molecular flexibility index (Phi) is 9.36. The Labute approximate surface area is 234 Å². The van der Waals surface area contributed by atoms with Gasteiger partial charge < -0.3 is 19.4 Å². The van der Waals surface area contributed by atoms with Crippen LogP contribution in [0.2, 0.25) is 0 Å². The average molecular weight is 532 g/mol. The third-order valence-corrected chi connectivity index (χ3v) is 8.98. The second kappa shape index (κ2) is 13.1. The Balaban J connectivity index is 1.12. The zero-order valence-electron chi connectivity index (χ0n) is 23.6. The first-order valence-corrected chi connectivity index (χ1v) is 15.1. The lowest BCUT2D eigenvalue weighted by Crippen LogP contribution is -2.72. The van der Waals surface area contributed by atoms with Crippen LogP contribution in [0.3, 0.4) is 0 Å². The number of hydrogen-bond donors (Lipinski definition) is 0. The molecule has 2 aromatic carbocycles. The quantitative estimate of drug-likeness (QED) is 0.359. The summed E-state index contributed by atoms with van der Waals surface area (Å²) in [6.07, 6.45) is 8.95. The molecule has 3 aliphatic heterocycles. The molecule has 0 aliphatic carbocycles. The van der Waals surface area contributed by atoms with E-state index in [9.17, 15) is 9.59 Å². The highest BCUT2D eigenvalue weighted by molar-refractivity contribution is 6.00. The Morgan fingerprint density at radius 3 is 2.21 bits per heavy atom. The summed E-state index contributed by atoms with van der Waals surface area (Å²) in [5.74, 6) is 0.293. The molecule has 39 heavy (non-hydrogen) atoms. The van der Waals surface area contributed by atoms with E-state index in [0.717, 1.165) is 50.9 Å². The molecule has 0 bridgehead atoms. The average Bonchev–Trinajstić information content (AvgIpc) is 3.42. The van der Waals surface area contributed by atoms with E-state index in [2.05, 4.69) is 54.3 Å². The summed E-state index contributed by atoms with van der Waals surface area (Å²) in [5, 5.41) is 0. The topological polar surface area (TPSA) is 53.1 Å². The van der Waals surface area contributed by atoms with Crippen molar-refractivity contribution in [2.75, 3.05) is 32.7 Å². The van der Waals surface area contributed by atoms with Gasteiger partial charge in [-0.25, -0.2) is 0 Å². The van der Waals surface area contributed by atoms with Crippen LogP contribution in [0.1, 0.15) is 69.4 Å². The molecule has 0 saturated carbocycles. The van der Waals surface area contributed by atoms with Crippen molar-refractivity contribution in [3.05, 3.63) is 71.8 Å². The Morgan fingerprint density at radius 1 is 0.846 bits per heavy atom. The number of carbonyl (C=O) groups is 2. The van der Waals surface area contributed by atoms with Crippen molar-refractivity contribution in [3.8, 4) is 0 Å². The maximum atomic E-state index is 14.0. The van der Waals surface area contributed by atoms with Gasteiger partial charge in [0, 0.05) is 32.6 Å². The van der Waals surface area contributed by atoms with Crippen LogP contribution >= 0.6 is 0 Å². The molecule has 1 spiro atoms. The normalized spacial score (nSPS) is 23.0. The number of hydrogen-bond acceptors (Lipinski definition) is 4. The molecule has 2 atom stereocenters. The minimum Gasteiger partial charge on any atom is -0.372 e. The van der Waals surface area contributed by atoms with Gasteiger partial charge in [-0.3, -0.25) is 9.59 Å². The van der Waals surface area contributed by atoms with Crippen molar-refractivity contribution in [1.82, 2.24) is 14.7 Å². The third-order valence-electron chi connectivity index (χ3n) is 8.98. The van der Waals surface area contributed by atoms with Crippen LogP contribution in [0.5, 0.6) is 0 Å². The number of fused-ring (bicyclic) bond motifs is 1. The minimum atomic E-state index is -0.676. The molecule has 6 nitrogen and oxygen atoms in total. The van der Waals surface area contributed by atoms with Gasteiger partial charge in [0.1, 0.15) is 11.6 Å². The second-order valence-electron chi connectivity index (χ2n) is 11.6. The van der Waals surface area contributed by atoms with Gasteiger partial charge >= 0.3 is 0 Å². The number of aryl methyl sites for hydroxylation is 1. The highest BCUT2D eigenvalue weighted by Gasteiger charge is 2.59. The number of rotatable bonds is 12. The second-order valence-corrected chi connectivity index (χ2v) is 11.6. The summed E-state index contributed by atoms with van der Waals surface area (Å²) in [4.78, 5) is 34.1. The first kappa shape index (κ1) is 27.9. The lowest BCUT2D eigenvalue weighted by molar-refractivity contribution is -0.172. The summed E-state index contributed by atoms with van der Waals surface area (Å²) in [6.45, 7) is 6.65. The Morgan fingerprint density at radius 2 is 1.51 bits per heavy atom. The zero-order chi connectivity index (χ0) is 27.1. The molecule has 6 heteroatoms. The predicted octanol–water partition coefficient (Wildman–Crippen LogP) is 5.06. The van der Waals surface area contributed by atoms with Crippen LogP contribution < -0.4 is 0 Å². The highest BCUT2D eigenvalue weighted by Crippen LogP contribution is 2.40. The molecule has 0 aromatic heterocycles. The number of piperidine rings is 1. The van der Waals surface area contributed by atoms with E-state index in [1.54, 1.807) is 0 Å². The fourth-order valence-corrected chi connectivity index (χ4v) is 6.78. The number of ether oxygens (including phenoxy) is 1. The van der Waals surface area contributed by atoms with Crippen LogP contribution in [0.15, 0.2) is 60.7 Å². The number of likely N-dealkylation sites (tertiary alicyclic amines) is 1. The number of nitrogens with zero attached hydrogens (tertiary/aromatic N) is 3. The standard InChI is InChI=1S/C33H45N3O3/c1-2-20-36-31(37)30-24-29(39-26-28-16-10-6-11-17-28)25-35(30)32(38)33(36)18-22-34(23-19-33)21-12-4-3-7-13-27-14-8-5-9-15-27/h5-6,8-11,14-17,29-30H,2-4,7,12-13,18-26H2,1H3/t29-,30+/m1/s1. The molecule has 2 aromatic rings. The number of benzene rings is 2. The summed E-state index contributed by atoms with van der Waals surface area (Å²) in [5.41, 5.74) is 1.87. The first-order valence-electron chi connectivity index (χ1n) is 15.1. The molecule has 0 radical (unpaired) electrons. The fraction of sp³-hybridized carbons (Fsp3) is 0.576. The van der Waals surface area contributed by atoms with Gasteiger partial charge in [-0.1, -0.05) is 80.4 Å². The van der Waals surface area contributed by atoms with Crippen LogP contribution in [0, 0.1) is 0 Å². The summed E-state index contributed by atoms with van der Waals surface area (Å²) in [6, 6.07) is 20.5. The molecule has 3 saturated heterocycles. The zero-order valence-corrected chi connectivity index (χ0v) is 23.6. The van der Waals surface area contributed by atoms with Crippen LogP contribution in [0.25, 0.3) is 0 Å². The fourth-order valence-electron chi connectivity index (χ4n) is 6.78. The molecule has 0 unspecified atom stereocenters. The van der Waals surface area contributed by atoms with Crippen molar-refractivity contribution in [3.63, 3.8) is 0 Å². The van der Waals surface area contributed by atoms with E-state index in [1.165, 1.54) is 31.2 Å². The molecular weight excluding hydrogens is 486 g/mol. The van der Waals surface area contributed by atoms with E-state index >= 15 is 0 Å². The molecule has 3 fully saturated rings. The van der Waals surface area contributed by atoms with Crippen LogP contribution in [0.4, 0.5) is 0 Å². The van der Waals surface area contributed by atoms with Gasteiger partial charge in [0.05, 0.1) is 12.7 Å². The van der Waals surface area contributed by atoms with Gasteiger partial charge in [0.25, 0.3) is 0 Å². The monoisotopic (exact) mass is 531 g/mol. The van der Waals surface area contributed by atoms with Crippen LogP contribution in [-0.2, 0) is 27.4 Å². The van der Waals surface area contributed by atoms with E-state index in [4.69, 9.17) is 4.74 Å². The maximum absolute atomic E-state index is 14.0. The lowest BCUT2D eigenvalue weighted by atomic mass is 9.81. The minimum absolute atomic E-state index is 0.0938. The molecule has 2 amide bonds. The van der Waals surface area contributed by atoms with Crippen molar-refractivity contribution in [2.45, 2.75) is 89.0 Å². The third kappa shape index (κ3) is 6.38. The number of unbranched alkanes of at least 4 members (excludes halogenated alkanes) is 3. The van der Waals surface area contributed by atoms with Crippen LogP contribution in [-0.4, -0.2) is 76.9 Å². The molecule has 0 N–H and O–H groups in total. The number of amides is 2. The van der Waals surface area contributed by atoms with Gasteiger partial charge in [0.2, 0.25) is 11.8 Å². The highest BCUT2D eigenvalue weighted by atomic mass is 16.5. The summed E-state index contributed by atoms with van der Waals surface area (Å²) >= 11 is 0. The predicted molar refractivity (Wildman–Crippen MR) is 154 cm³/mol. The number of piperazine rings is 1. The Bertz CT molecular complexity index is 1070. The van der Waals surface area contributed by atoms with Crippen molar-refractivity contribution in [1.29, 1.82) is 0 Å². The van der Waals surface area contributed by atoms with Gasteiger partial charge in [0.15, 0.2) is 0 Å². The van der Waals surface area contributed by atoms with E-state index in [1.807, 2.05) is 28.0 Å². The number of carbonyl (C=O) groups excluding carboxylic acids is 2. The van der Waals surface area contributed by atoms with E-state index in [0.29, 0.717) is 26.1 Å². The van der Waals surface area contributed by atoms with Gasteiger partial charge in [-0.15, -0.1) is 0 Å². The van der Waals surface area contributed by atoms with Crippen molar-refractivity contribution < 1.29 is 14.3 Å². The van der Waals surface area contributed by atoms with E-state index < -0.39 is 5.54 Å². The lowest BCUT2D eigenvalue weighted by Gasteiger charge is -2.53. The molecule has 5 rings (SSSR count). The molecule has 3 heterocycles. The summed E-state index contributed by atoms with van der Waals surface area (Å²) < 4.78 is 6.19. The molecular formula is C33H45N3O3. The van der Waals surface area contributed by atoms with E-state index in [-0.39, 0.29) is 24.0 Å². The van der Waals surface area contributed by atoms with Gasteiger partial charge in [-0.2, -0.15) is 0 Å². The maximum Gasteiger partial charge on any atom is 0.249 e. The van der Waals surface area contributed by atoms with Crippen molar-refractivity contribution >= 4 is 11.8 Å². The van der Waals surface area contributed by atoms with Gasteiger partial charge in [-0.05, 0) is 56.2 Å². The molecule has 210 valence electrons. The first-order chi connectivity index (χ1) is 19.1. The molecule has 3 aliphatic rings. The largest absolute Gasteiger partial charge is 0.372 e. The smallest absolute Gasteiger partial charge is 0.249 e. The Hall–Kier alpha value is -2.70. The summed E-state index contributed by atoms with van der Waals surface area (Å²) in [7, 11) is 0.